The number of rotatable bonds is 4. The first-order chi connectivity index (χ1) is 8.19. The van der Waals surface area contributed by atoms with Crippen molar-refractivity contribution in [3.8, 4) is 0 Å². The maximum absolute atomic E-state index is 4.66. The van der Waals surface area contributed by atoms with Gasteiger partial charge in [-0.25, -0.2) is 0 Å². The van der Waals surface area contributed by atoms with Crippen LogP contribution in [0.5, 0.6) is 0 Å². The lowest BCUT2D eigenvalue weighted by Crippen LogP contribution is -1.97. The van der Waals surface area contributed by atoms with Crippen molar-refractivity contribution in [2.24, 2.45) is 0 Å². The van der Waals surface area contributed by atoms with Crippen LogP contribution in [-0.2, 0) is 0 Å². The Bertz CT molecular complexity index is 498. The van der Waals surface area contributed by atoms with E-state index in [1.54, 1.807) is 11.5 Å². The van der Waals surface area contributed by atoms with Crippen molar-refractivity contribution in [3.63, 3.8) is 0 Å². The Morgan fingerprint density at radius 3 is 2.53 bits per heavy atom. The molecule has 0 bridgehead atoms. The summed E-state index contributed by atoms with van der Waals surface area (Å²) in [5, 5.41) is 0. The number of hydrogen-bond acceptors (Lipinski definition) is 3. The summed E-state index contributed by atoms with van der Waals surface area (Å²) >= 11 is 1.62. The molecule has 0 spiro atoms. The third kappa shape index (κ3) is 2.21. The lowest BCUT2D eigenvalue weighted by atomic mass is 9.97. The van der Waals surface area contributed by atoms with E-state index in [-0.39, 0.29) is 0 Å². The van der Waals surface area contributed by atoms with Crippen LogP contribution in [0.2, 0.25) is 0 Å². The molecule has 0 aliphatic heterocycles. The molecule has 0 fully saturated rings. The first-order valence-corrected chi connectivity index (χ1v) is 7.20. The fourth-order valence-electron chi connectivity index (χ4n) is 2.28. The molecular weight excluding hydrogens is 228 g/mol. The zero-order valence-corrected chi connectivity index (χ0v) is 11.8. The van der Waals surface area contributed by atoms with E-state index in [4.69, 9.17) is 0 Å². The molecule has 0 radical (unpaired) electrons. The molecule has 2 aromatic rings. The summed E-state index contributed by atoms with van der Waals surface area (Å²) in [6.07, 6.45) is 4.21. The van der Waals surface area contributed by atoms with Crippen LogP contribution in [0.25, 0.3) is 10.2 Å². The highest BCUT2D eigenvalue weighted by Crippen LogP contribution is 2.34. The van der Waals surface area contributed by atoms with E-state index >= 15 is 0 Å². The fourth-order valence-corrected chi connectivity index (χ4v) is 3.36. The minimum Gasteiger partial charge on any atom is -0.253 e. The Balaban J connectivity index is 2.58. The number of aromatic nitrogens is 2. The Hall–Kier alpha value is -0.960. The van der Waals surface area contributed by atoms with E-state index in [9.17, 15) is 0 Å². The van der Waals surface area contributed by atoms with E-state index in [0.29, 0.717) is 11.8 Å². The van der Waals surface area contributed by atoms with Gasteiger partial charge in [-0.15, -0.1) is 0 Å². The van der Waals surface area contributed by atoms with Crippen LogP contribution in [0.3, 0.4) is 0 Å². The topological polar surface area (TPSA) is 25.8 Å². The Morgan fingerprint density at radius 1 is 1.24 bits per heavy atom. The average Bonchev–Trinajstić information content (AvgIpc) is 2.74. The van der Waals surface area contributed by atoms with Crippen LogP contribution in [-0.4, -0.2) is 9.36 Å². The predicted molar refractivity (Wildman–Crippen MR) is 74.8 cm³/mol. The summed E-state index contributed by atoms with van der Waals surface area (Å²) in [5.74, 6) is 1.09. The van der Waals surface area contributed by atoms with Crippen LogP contribution in [0.15, 0.2) is 12.3 Å². The van der Waals surface area contributed by atoms with Crippen LogP contribution < -0.4 is 0 Å². The molecule has 0 saturated heterocycles. The van der Waals surface area contributed by atoms with Gasteiger partial charge >= 0.3 is 0 Å². The third-order valence-corrected chi connectivity index (χ3v) is 4.31. The van der Waals surface area contributed by atoms with E-state index in [0.717, 1.165) is 18.4 Å². The van der Waals surface area contributed by atoms with Crippen molar-refractivity contribution in [3.05, 3.63) is 23.5 Å². The maximum Gasteiger partial charge on any atom is 0.105 e. The molecule has 0 atom stereocenters. The molecule has 0 aromatic carbocycles. The largest absolute Gasteiger partial charge is 0.253 e. The quantitative estimate of drug-likeness (QED) is 0.782. The Kier molecular flexibility index (Phi) is 3.77. The van der Waals surface area contributed by atoms with Gasteiger partial charge in [0.1, 0.15) is 5.52 Å². The summed E-state index contributed by atoms with van der Waals surface area (Å²) in [5.41, 5.74) is 3.72. The van der Waals surface area contributed by atoms with Crippen molar-refractivity contribution in [1.82, 2.24) is 9.36 Å². The number of pyridine rings is 1. The molecule has 0 saturated carbocycles. The van der Waals surface area contributed by atoms with Gasteiger partial charge < -0.3 is 0 Å². The Labute approximate surface area is 107 Å². The van der Waals surface area contributed by atoms with Gasteiger partial charge in [0, 0.05) is 12.1 Å². The Morgan fingerprint density at radius 2 is 1.94 bits per heavy atom. The smallest absolute Gasteiger partial charge is 0.105 e. The SMILES string of the molecule is CCC(CC)c1nsc2c(C(C)C)ccnc12. The summed E-state index contributed by atoms with van der Waals surface area (Å²) < 4.78 is 5.94. The summed E-state index contributed by atoms with van der Waals surface area (Å²) in [4.78, 5) is 4.55. The summed E-state index contributed by atoms with van der Waals surface area (Å²) in [6, 6.07) is 2.13. The minimum absolute atomic E-state index is 0.538. The van der Waals surface area contributed by atoms with Gasteiger partial charge in [0.05, 0.1) is 10.4 Å². The van der Waals surface area contributed by atoms with Gasteiger partial charge in [-0.1, -0.05) is 27.7 Å². The summed E-state index contributed by atoms with van der Waals surface area (Å²) in [7, 11) is 0. The van der Waals surface area contributed by atoms with E-state index in [1.807, 2.05) is 6.20 Å². The molecule has 2 nitrogen and oxygen atoms in total. The molecule has 0 N–H and O–H groups in total. The lowest BCUT2D eigenvalue weighted by Gasteiger charge is -2.10. The predicted octanol–water partition coefficient (Wildman–Crippen LogP) is 4.72. The van der Waals surface area contributed by atoms with E-state index < -0.39 is 0 Å². The van der Waals surface area contributed by atoms with Gasteiger partial charge in [0.2, 0.25) is 0 Å². The average molecular weight is 248 g/mol. The molecule has 0 aliphatic carbocycles. The van der Waals surface area contributed by atoms with Crippen LogP contribution in [0.1, 0.15) is 63.6 Å². The van der Waals surface area contributed by atoms with Crippen LogP contribution in [0.4, 0.5) is 0 Å². The molecule has 3 heteroatoms. The van der Waals surface area contributed by atoms with Crippen molar-refractivity contribution in [1.29, 1.82) is 0 Å². The molecule has 0 aliphatic rings. The van der Waals surface area contributed by atoms with Crippen LogP contribution in [0, 0.1) is 0 Å². The van der Waals surface area contributed by atoms with Gasteiger partial charge in [-0.2, -0.15) is 4.37 Å². The van der Waals surface area contributed by atoms with Gasteiger partial charge in [0.25, 0.3) is 0 Å². The molecular formula is C14H20N2S. The van der Waals surface area contributed by atoms with Gasteiger partial charge in [0.15, 0.2) is 0 Å². The van der Waals surface area contributed by atoms with Crippen molar-refractivity contribution in [2.45, 2.75) is 52.4 Å². The molecule has 17 heavy (non-hydrogen) atoms. The second-order valence-corrected chi connectivity index (χ2v) is 5.59. The van der Waals surface area contributed by atoms with E-state index in [1.165, 1.54) is 16.0 Å². The molecule has 2 aromatic heterocycles. The standard InChI is InChI=1S/C14H20N2S/c1-5-10(6-2)12-13-14(17-16-12)11(9(3)4)7-8-15-13/h7-10H,5-6H2,1-4H3. The van der Waals surface area contributed by atoms with Crippen molar-refractivity contribution in [2.75, 3.05) is 0 Å². The third-order valence-electron chi connectivity index (χ3n) is 3.41. The molecule has 0 unspecified atom stereocenters. The monoisotopic (exact) mass is 248 g/mol. The summed E-state index contributed by atoms with van der Waals surface area (Å²) in [6.45, 7) is 8.91. The lowest BCUT2D eigenvalue weighted by molar-refractivity contribution is 0.633. The zero-order chi connectivity index (χ0) is 12.4. The highest BCUT2D eigenvalue weighted by Gasteiger charge is 2.18. The van der Waals surface area contributed by atoms with E-state index in [2.05, 4.69) is 43.1 Å². The number of hydrogen-bond donors (Lipinski definition) is 0. The van der Waals surface area contributed by atoms with Crippen LogP contribution >= 0.6 is 11.5 Å². The van der Waals surface area contributed by atoms with Gasteiger partial charge in [-0.3, -0.25) is 4.98 Å². The maximum atomic E-state index is 4.66. The minimum atomic E-state index is 0.538. The second-order valence-electron chi connectivity index (χ2n) is 4.81. The molecule has 92 valence electrons. The van der Waals surface area contributed by atoms with Gasteiger partial charge in [-0.05, 0) is 41.9 Å². The second kappa shape index (κ2) is 5.13. The normalized spacial score (nSPS) is 11.9. The molecule has 2 heterocycles. The fraction of sp³-hybridized carbons (Fsp3) is 0.571. The first kappa shape index (κ1) is 12.5. The highest BCUT2D eigenvalue weighted by atomic mass is 32.1. The zero-order valence-electron chi connectivity index (χ0n) is 11.0. The van der Waals surface area contributed by atoms with Crippen molar-refractivity contribution < 1.29 is 0 Å². The number of nitrogens with zero attached hydrogens (tertiary/aromatic N) is 2. The highest BCUT2D eigenvalue weighted by molar-refractivity contribution is 7.13. The molecule has 2 rings (SSSR count). The first-order valence-electron chi connectivity index (χ1n) is 6.43. The van der Waals surface area contributed by atoms with Crippen molar-refractivity contribution >= 4 is 21.7 Å². The number of fused-ring (bicyclic) bond motifs is 1. The molecule has 0 amide bonds.